The first kappa shape index (κ1) is 17.2. The number of hydrogen-bond donors (Lipinski definition) is 1. The number of halogens is 2. The fraction of sp³-hybridized carbons (Fsp3) is 0.0500. The van der Waals surface area contributed by atoms with Crippen LogP contribution in [-0.4, -0.2) is 20.5 Å². The molecule has 4 aromatic rings. The Labute approximate surface area is 159 Å². The predicted molar refractivity (Wildman–Crippen MR) is 101 cm³/mol. The van der Waals surface area contributed by atoms with Crippen molar-refractivity contribution in [2.75, 3.05) is 0 Å². The summed E-state index contributed by atoms with van der Waals surface area (Å²) in [4.78, 5) is 12.4. The normalized spacial score (nSPS) is 10.9. The highest BCUT2D eigenvalue weighted by molar-refractivity contribution is 6.30. The van der Waals surface area contributed by atoms with Crippen molar-refractivity contribution in [1.82, 2.24) is 19.9 Å². The van der Waals surface area contributed by atoms with E-state index in [1.165, 1.54) is 12.1 Å². The standard InChI is InChI=1S/C20H14ClFN4O/c21-16-3-1-2-14(10-16)19-25-24-18-11-15(8-9-26(18)19)20(27)23-12-13-4-6-17(22)7-5-13/h1-11H,12H2,(H,23,27). The molecule has 134 valence electrons. The molecule has 0 saturated carbocycles. The maximum atomic E-state index is 12.9. The van der Waals surface area contributed by atoms with Gasteiger partial charge >= 0.3 is 0 Å². The van der Waals surface area contributed by atoms with Crippen LogP contribution in [0.4, 0.5) is 4.39 Å². The Bertz CT molecular complexity index is 1120. The third-order valence-electron chi connectivity index (χ3n) is 4.12. The third kappa shape index (κ3) is 3.66. The summed E-state index contributed by atoms with van der Waals surface area (Å²) < 4.78 is 14.7. The number of aromatic nitrogens is 3. The maximum absolute atomic E-state index is 12.9. The van der Waals surface area contributed by atoms with Gasteiger partial charge in [-0.25, -0.2) is 4.39 Å². The number of nitrogens with zero attached hydrogens (tertiary/aromatic N) is 3. The summed E-state index contributed by atoms with van der Waals surface area (Å²) in [5.41, 5.74) is 2.68. The smallest absolute Gasteiger partial charge is 0.251 e. The van der Waals surface area contributed by atoms with Crippen LogP contribution in [0.1, 0.15) is 15.9 Å². The monoisotopic (exact) mass is 380 g/mol. The van der Waals surface area contributed by atoms with Gasteiger partial charge in [0.1, 0.15) is 5.82 Å². The second-order valence-electron chi connectivity index (χ2n) is 5.99. The van der Waals surface area contributed by atoms with Crippen LogP contribution in [0, 0.1) is 5.82 Å². The second kappa shape index (κ2) is 7.17. The zero-order valence-electron chi connectivity index (χ0n) is 14.1. The molecule has 2 heterocycles. The van der Waals surface area contributed by atoms with Crippen LogP contribution >= 0.6 is 11.6 Å². The largest absolute Gasteiger partial charge is 0.348 e. The zero-order chi connectivity index (χ0) is 18.8. The lowest BCUT2D eigenvalue weighted by atomic mass is 10.2. The van der Waals surface area contributed by atoms with Crippen LogP contribution in [0.25, 0.3) is 17.0 Å². The van der Waals surface area contributed by atoms with Crippen LogP contribution < -0.4 is 5.32 Å². The average Bonchev–Trinajstić information content (AvgIpc) is 3.10. The van der Waals surface area contributed by atoms with Crippen LogP contribution in [0.3, 0.4) is 0 Å². The van der Waals surface area contributed by atoms with Gasteiger partial charge in [-0.15, -0.1) is 10.2 Å². The summed E-state index contributed by atoms with van der Waals surface area (Å²) in [6, 6.07) is 16.7. The van der Waals surface area contributed by atoms with E-state index in [-0.39, 0.29) is 11.7 Å². The highest BCUT2D eigenvalue weighted by Crippen LogP contribution is 2.22. The lowest BCUT2D eigenvalue weighted by molar-refractivity contribution is 0.0951. The molecule has 1 amide bonds. The first-order valence-electron chi connectivity index (χ1n) is 8.23. The Morgan fingerprint density at radius 3 is 2.67 bits per heavy atom. The molecule has 2 aromatic carbocycles. The van der Waals surface area contributed by atoms with Crippen molar-refractivity contribution in [3.05, 3.63) is 88.8 Å². The molecule has 4 rings (SSSR count). The Kier molecular flexibility index (Phi) is 4.56. The van der Waals surface area contributed by atoms with Crippen LogP contribution in [-0.2, 0) is 6.54 Å². The van der Waals surface area contributed by atoms with Crippen molar-refractivity contribution in [3.8, 4) is 11.4 Å². The fourth-order valence-corrected chi connectivity index (χ4v) is 2.93. The van der Waals surface area contributed by atoms with Crippen molar-refractivity contribution < 1.29 is 9.18 Å². The number of carbonyl (C=O) groups excluding carboxylic acids is 1. The molecular formula is C20H14ClFN4O. The Hall–Kier alpha value is -3.25. The SMILES string of the molecule is O=C(NCc1ccc(F)cc1)c1ccn2c(-c3cccc(Cl)c3)nnc2c1. The molecule has 27 heavy (non-hydrogen) atoms. The van der Waals surface area contributed by atoms with E-state index in [4.69, 9.17) is 11.6 Å². The molecule has 0 unspecified atom stereocenters. The molecule has 0 fully saturated rings. The quantitative estimate of drug-likeness (QED) is 0.579. The third-order valence-corrected chi connectivity index (χ3v) is 4.36. The van der Waals surface area contributed by atoms with Gasteiger partial charge in [-0.05, 0) is 42.0 Å². The number of nitrogens with one attached hydrogen (secondary N) is 1. The van der Waals surface area contributed by atoms with E-state index in [0.717, 1.165) is 11.1 Å². The molecule has 0 saturated heterocycles. The minimum absolute atomic E-state index is 0.242. The second-order valence-corrected chi connectivity index (χ2v) is 6.42. The van der Waals surface area contributed by atoms with E-state index < -0.39 is 0 Å². The van der Waals surface area contributed by atoms with Gasteiger partial charge in [0.15, 0.2) is 11.5 Å². The average molecular weight is 381 g/mol. The van der Waals surface area contributed by atoms with Gasteiger partial charge in [0.2, 0.25) is 0 Å². The van der Waals surface area contributed by atoms with E-state index in [0.29, 0.717) is 28.6 Å². The molecule has 0 spiro atoms. The molecule has 0 aliphatic rings. The highest BCUT2D eigenvalue weighted by Gasteiger charge is 2.12. The minimum atomic E-state index is -0.308. The molecule has 0 atom stereocenters. The van der Waals surface area contributed by atoms with E-state index in [2.05, 4.69) is 15.5 Å². The van der Waals surface area contributed by atoms with Gasteiger partial charge in [0.25, 0.3) is 5.91 Å². The van der Waals surface area contributed by atoms with Crippen LogP contribution in [0.5, 0.6) is 0 Å². The number of fused-ring (bicyclic) bond motifs is 1. The number of carbonyl (C=O) groups is 1. The summed E-state index contributed by atoms with van der Waals surface area (Å²) >= 11 is 6.04. The van der Waals surface area contributed by atoms with Gasteiger partial charge in [-0.2, -0.15) is 0 Å². The zero-order valence-corrected chi connectivity index (χ0v) is 14.8. The Morgan fingerprint density at radius 1 is 1.07 bits per heavy atom. The first-order chi connectivity index (χ1) is 13.1. The number of hydrogen-bond acceptors (Lipinski definition) is 3. The van der Waals surface area contributed by atoms with Gasteiger partial charge in [0, 0.05) is 28.9 Å². The maximum Gasteiger partial charge on any atom is 0.251 e. The number of rotatable bonds is 4. The molecule has 0 bridgehead atoms. The molecule has 1 N–H and O–H groups in total. The van der Waals surface area contributed by atoms with Gasteiger partial charge in [-0.3, -0.25) is 9.20 Å². The van der Waals surface area contributed by atoms with Gasteiger partial charge < -0.3 is 5.32 Å². The molecule has 7 heteroatoms. The Morgan fingerprint density at radius 2 is 1.89 bits per heavy atom. The molecule has 5 nitrogen and oxygen atoms in total. The van der Waals surface area contributed by atoms with Crippen molar-refractivity contribution in [3.63, 3.8) is 0 Å². The molecule has 0 aliphatic carbocycles. The summed E-state index contributed by atoms with van der Waals surface area (Å²) in [5.74, 6) is 0.0951. The summed E-state index contributed by atoms with van der Waals surface area (Å²) in [5, 5.41) is 11.8. The molecule has 0 radical (unpaired) electrons. The summed E-state index contributed by atoms with van der Waals surface area (Å²) in [6.45, 7) is 0.310. The van der Waals surface area contributed by atoms with Crippen molar-refractivity contribution in [1.29, 1.82) is 0 Å². The number of amides is 1. The fourth-order valence-electron chi connectivity index (χ4n) is 2.74. The van der Waals surface area contributed by atoms with E-state index in [1.807, 2.05) is 12.1 Å². The lowest BCUT2D eigenvalue weighted by Gasteiger charge is -2.06. The first-order valence-corrected chi connectivity index (χ1v) is 8.61. The Balaban J connectivity index is 1.55. The van der Waals surface area contributed by atoms with E-state index in [1.54, 1.807) is 47.0 Å². The minimum Gasteiger partial charge on any atom is -0.348 e. The number of benzene rings is 2. The highest BCUT2D eigenvalue weighted by atomic mass is 35.5. The van der Waals surface area contributed by atoms with Crippen molar-refractivity contribution >= 4 is 23.2 Å². The molecular weight excluding hydrogens is 367 g/mol. The van der Waals surface area contributed by atoms with E-state index in [9.17, 15) is 9.18 Å². The van der Waals surface area contributed by atoms with Crippen LogP contribution in [0.15, 0.2) is 66.9 Å². The van der Waals surface area contributed by atoms with Crippen molar-refractivity contribution in [2.24, 2.45) is 0 Å². The number of pyridine rings is 1. The summed E-state index contributed by atoms with van der Waals surface area (Å²) in [6.07, 6.45) is 1.75. The van der Waals surface area contributed by atoms with Gasteiger partial charge in [0.05, 0.1) is 0 Å². The van der Waals surface area contributed by atoms with Crippen LogP contribution in [0.2, 0.25) is 5.02 Å². The van der Waals surface area contributed by atoms with Crippen molar-refractivity contribution in [2.45, 2.75) is 6.54 Å². The molecule has 0 aliphatic heterocycles. The lowest BCUT2D eigenvalue weighted by Crippen LogP contribution is -2.22. The van der Waals surface area contributed by atoms with Gasteiger partial charge in [-0.1, -0.05) is 35.9 Å². The molecule has 2 aromatic heterocycles. The predicted octanol–water partition coefficient (Wildman–Crippen LogP) is 4.12. The summed E-state index contributed by atoms with van der Waals surface area (Å²) in [7, 11) is 0. The van der Waals surface area contributed by atoms with E-state index >= 15 is 0 Å². The topological polar surface area (TPSA) is 59.3 Å².